The lowest BCUT2D eigenvalue weighted by atomic mass is 9.57. The molecule has 2 heterocycles. The molecule has 2 bridgehead atoms. The number of sulfonamides is 1. The molecule has 0 radical (unpaired) electrons. The van der Waals surface area contributed by atoms with Crippen LogP contribution < -0.4 is 20.7 Å². The van der Waals surface area contributed by atoms with Crippen LogP contribution in [-0.4, -0.2) is 46.7 Å². The highest BCUT2D eigenvalue weighted by atomic mass is 32.2. The normalized spacial score (nSPS) is 22.5. The molecule has 6 rings (SSSR count). The Morgan fingerprint density at radius 1 is 1.02 bits per heavy atom. The van der Waals surface area contributed by atoms with Crippen LogP contribution in [0.15, 0.2) is 53.7 Å². The Kier molecular flexibility index (Phi) is 8.27. The van der Waals surface area contributed by atoms with Gasteiger partial charge in [0, 0.05) is 40.1 Å². The van der Waals surface area contributed by atoms with E-state index in [9.17, 15) is 23.1 Å². The average Bonchev–Trinajstić information content (AvgIpc) is 3.44. The van der Waals surface area contributed by atoms with Crippen molar-refractivity contribution >= 4 is 39.2 Å². The molecule has 3 aliphatic rings. The number of thiazole rings is 1. The lowest BCUT2D eigenvalue weighted by Gasteiger charge is -2.52. The van der Waals surface area contributed by atoms with Crippen LogP contribution in [0.1, 0.15) is 83.0 Å². The molecule has 0 aliphatic heterocycles. The van der Waals surface area contributed by atoms with E-state index in [0.29, 0.717) is 21.8 Å². The maximum Gasteiger partial charge on any atom is 0.405 e. The van der Waals surface area contributed by atoms with Crippen molar-refractivity contribution in [3.8, 4) is 10.4 Å². The number of fused-ring (bicyclic) bond motifs is 3. The van der Waals surface area contributed by atoms with Gasteiger partial charge in [-0.15, -0.1) is 11.3 Å². The van der Waals surface area contributed by atoms with Crippen LogP contribution >= 0.6 is 11.3 Å². The molecule has 43 heavy (non-hydrogen) atoms. The Hall–Kier alpha value is -3.55. The Morgan fingerprint density at radius 2 is 1.72 bits per heavy atom. The maximum atomic E-state index is 13.7. The van der Waals surface area contributed by atoms with Gasteiger partial charge in [0.15, 0.2) is 0 Å². The summed E-state index contributed by atoms with van der Waals surface area (Å²) < 4.78 is 30.1. The third-order valence-corrected chi connectivity index (χ3v) is 11.4. The highest BCUT2D eigenvalue weighted by molar-refractivity contribution is 7.89. The first-order valence-corrected chi connectivity index (χ1v) is 16.6. The van der Waals surface area contributed by atoms with Gasteiger partial charge in [-0.1, -0.05) is 12.1 Å². The van der Waals surface area contributed by atoms with Crippen molar-refractivity contribution in [2.75, 3.05) is 5.32 Å². The van der Waals surface area contributed by atoms with Crippen LogP contribution in [0.5, 0.6) is 0 Å². The van der Waals surface area contributed by atoms with Crippen LogP contribution in [0, 0.1) is 0 Å². The molecule has 2 aromatic heterocycles. The summed E-state index contributed by atoms with van der Waals surface area (Å²) in [5, 5.41) is 18.6. The number of urea groups is 1. The summed E-state index contributed by atoms with van der Waals surface area (Å²) in [4.78, 5) is 34.0. The van der Waals surface area contributed by atoms with E-state index in [0.717, 1.165) is 43.5 Å². The smallest absolute Gasteiger partial charge is 0.405 e. The van der Waals surface area contributed by atoms with Gasteiger partial charge in [0.2, 0.25) is 10.0 Å². The predicted octanol–water partition coefficient (Wildman–Crippen LogP) is 5.78. The minimum Gasteiger partial charge on any atom is -0.465 e. The van der Waals surface area contributed by atoms with E-state index in [4.69, 9.17) is 4.98 Å². The van der Waals surface area contributed by atoms with E-state index >= 15 is 0 Å². The second-order valence-electron chi connectivity index (χ2n) is 12.7. The van der Waals surface area contributed by atoms with Gasteiger partial charge < -0.3 is 21.1 Å². The topological polar surface area (TPSA) is 162 Å². The van der Waals surface area contributed by atoms with Gasteiger partial charge in [-0.2, -0.15) is 0 Å². The van der Waals surface area contributed by atoms with E-state index in [2.05, 4.69) is 25.7 Å². The van der Waals surface area contributed by atoms with Crippen LogP contribution in [0.3, 0.4) is 0 Å². The number of aromatic nitrogens is 2. The fraction of sp³-hybridized carbons (Fsp3) is 0.467. The van der Waals surface area contributed by atoms with Crippen molar-refractivity contribution in [3.63, 3.8) is 0 Å². The fourth-order valence-electron chi connectivity index (χ4n) is 6.12. The van der Waals surface area contributed by atoms with Gasteiger partial charge in [0.05, 0.1) is 26.5 Å². The maximum absolute atomic E-state index is 13.7. The first-order chi connectivity index (χ1) is 20.2. The molecule has 3 saturated carbocycles. The number of carbonyl (C=O) groups excluding carboxylic acids is 1. The van der Waals surface area contributed by atoms with E-state index in [1.807, 2.05) is 19.1 Å². The quantitative estimate of drug-likeness (QED) is 0.212. The highest BCUT2D eigenvalue weighted by Crippen LogP contribution is 2.55. The lowest BCUT2D eigenvalue weighted by molar-refractivity contribution is 0.0746. The van der Waals surface area contributed by atoms with Gasteiger partial charge in [-0.05, 0) is 90.5 Å². The monoisotopic (exact) mass is 626 g/mol. The van der Waals surface area contributed by atoms with Crippen molar-refractivity contribution in [2.24, 2.45) is 0 Å². The molecule has 5 N–H and O–H groups in total. The first kappa shape index (κ1) is 30.9. The van der Waals surface area contributed by atoms with Crippen LogP contribution in [0.4, 0.5) is 15.3 Å². The van der Waals surface area contributed by atoms with Gasteiger partial charge in [-0.25, -0.2) is 27.7 Å². The van der Waals surface area contributed by atoms with E-state index < -0.39 is 27.7 Å². The van der Waals surface area contributed by atoms with Crippen molar-refractivity contribution in [1.82, 2.24) is 25.3 Å². The van der Waals surface area contributed by atoms with Crippen molar-refractivity contribution in [3.05, 3.63) is 59.5 Å². The number of carboxylic acid groups (broad SMARTS) is 1. The Balaban J connectivity index is 1.41. The van der Waals surface area contributed by atoms with Crippen LogP contribution in [0.2, 0.25) is 0 Å². The molecule has 0 saturated heterocycles. The largest absolute Gasteiger partial charge is 0.465 e. The molecule has 3 aliphatic carbocycles. The predicted molar refractivity (Wildman–Crippen MR) is 166 cm³/mol. The lowest BCUT2D eigenvalue weighted by Crippen LogP contribution is -2.57. The molecular formula is C30H38N6O5S2. The summed E-state index contributed by atoms with van der Waals surface area (Å²) in [6, 6.07) is 9.47. The molecule has 1 atom stereocenters. The molecule has 230 valence electrons. The minimum absolute atomic E-state index is 0.0441. The summed E-state index contributed by atoms with van der Waals surface area (Å²) >= 11 is 1.48. The number of rotatable bonds is 8. The van der Waals surface area contributed by atoms with E-state index in [1.54, 1.807) is 51.4 Å². The number of benzene rings is 1. The third-order valence-electron chi connectivity index (χ3n) is 8.29. The van der Waals surface area contributed by atoms with Crippen LogP contribution in [0.25, 0.3) is 10.4 Å². The zero-order valence-corrected chi connectivity index (χ0v) is 26.4. The molecule has 3 fully saturated rings. The number of pyridine rings is 1. The van der Waals surface area contributed by atoms with Gasteiger partial charge in [0.1, 0.15) is 0 Å². The number of anilines is 1. The minimum atomic E-state index is -3.99. The number of nitrogens with one attached hydrogen (secondary N) is 4. The summed E-state index contributed by atoms with van der Waals surface area (Å²) in [5.41, 5.74) is 0.293. The third kappa shape index (κ3) is 6.84. The number of hydrogen-bond acceptors (Lipinski definition) is 7. The standard InChI is InChI=1S/C30H38N6O5S2/c1-19(22-7-5-6-16-31-22)33-26(37)34-20-8-9-21(24(17-20)43(40,41)36-28(2,3)4)23-18-32-25(42-23)29-10-13-30(14-11-29,15-12-29)35-27(38)39/h5-9,16-19,35-36H,10-15H2,1-4H3,(H,38,39)(H2,33,34,37)/t19-,29?,30?/m1/s1. The van der Waals surface area contributed by atoms with Gasteiger partial charge in [-0.3, -0.25) is 4.98 Å². The number of carbonyl (C=O) groups is 2. The molecule has 3 amide bonds. The molecule has 13 heteroatoms. The summed E-state index contributed by atoms with van der Waals surface area (Å²) in [5.74, 6) is 0. The zero-order valence-electron chi connectivity index (χ0n) is 24.7. The van der Waals surface area contributed by atoms with Crippen molar-refractivity contribution in [1.29, 1.82) is 0 Å². The molecular weight excluding hydrogens is 589 g/mol. The number of hydrogen-bond donors (Lipinski definition) is 5. The molecule has 0 spiro atoms. The second-order valence-corrected chi connectivity index (χ2v) is 15.3. The zero-order chi connectivity index (χ0) is 31.0. The van der Waals surface area contributed by atoms with Crippen molar-refractivity contribution in [2.45, 2.75) is 93.7 Å². The summed E-state index contributed by atoms with van der Waals surface area (Å²) in [6.07, 6.45) is 7.13. The Morgan fingerprint density at radius 3 is 2.33 bits per heavy atom. The number of nitrogens with zero attached hydrogens (tertiary/aromatic N) is 2. The SMILES string of the molecule is C[C@@H](NC(=O)Nc1ccc(-c2cnc(C34CCC(NC(=O)O)(CC3)CC4)s2)c(S(=O)(=O)NC(C)(C)C)c1)c1ccccn1. The average molecular weight is 627 g/mol. The molecule has 1 aromatic carbocycles. The van der Waals surface area contributed by atoms with E-state index in [-0.39, 0.29) is 21.9 Å². The molecule has 0 unspecified atom stereocenters. The Bertz CT molecular complexity index is 1590. The fourth-order valence-corrected chi connectivity index (χ4v) is 9.08. The Labute approximate surface area is 256 Å². The van der Waals surface area contributed by atoms with Gasteiger partial charge >= 0.3 is 12.1 Å². The highest BCUT2D eigenvalue weighted by Gasteiger charge is 2.51. The van der Waals surface area contributed by atoms with Crippen LogP contribution in [-0.2, 0) is 15.4 Å². The molecule has 11 nitrogen and oxygen atoms in total. The second kappa shape index (κ2) is 11.5. The van der Waals surface area contributed by atoms with Gasteiger partial charge in [0.25, 0.3) is 0 Å². The molecule has 3 aromatic rings. The summed E-state index contributed by atoms with van der Waals surface area (Å²) in [6.45, 7) is 7.13. The van der Waals surface area contributed by atoms with E-state index in [1.165, 1.54) is 17.4 Å². The summed E-state index contributed by atoms with van der Waals surface area (Å²) in [7, 11) is -3.99. The first-order valence-electron chi connectivity index (χ1n) is 14.3. The van der Waals surface area contributed by atoms with Crippen molar-refractivity contribution < 1.29 is 23.1 Å². The number of amides is 3.